The molecule has 1 heterocycles. The predicted molar refractivity (Wildman–Crippen MR) is 82.2 cm³/mol. The molecule has 2 N–H and O–H groups in total. The molecule has 2 unspecified atom stereocenters. The summed E-state index contributed by atoms with van der Waals surface area (Å²) in [5.74, 6) is 0.978. The van der Waals surface area contributed by atoms with E-state index in [0.717, 1.165) is 18.8 Å². The van der Waals surface area contributed by atoms with Crippen LogP contribution in [0.15, 0.2) is 18.3 Å². The molecule has 5 nitrogen and oxygen atoms in total. The van der Waals surface area contributed by atoms with Crippen LogP contribution in [0.4, 0.5) is 5.82 Å². The van der Waals surface area contributed by atoms with Crippen molar-refractivity contribution in [2.24, 2.45) is 5.73 Å². The van der Waals surface area contributed by atoms with Gasteiger partial charge in [0, 0.05) is 33.0 Å². The molecule has 0 aromatic carbocycles. The highest BCUT2D eigenvalue weighted by molar-refractivity contribution is 5.48. The third-order valence-electron chi connectivity index (χ3n) is 3.16. The number of methoxy groups -OCH3 is 2. The van der Waals surface area contributed by atoms with Crippen LogP contribution in [-0.4, -0.2) is 51.0 Å². The fourth-order valence-electron chi connectivity index (χ4n) is 2.25. The van der Waals surface area contributed by atoms with Gasteiger partial charge >= 0.3 is 0 Å². The van der Waals surface area contributed by atoms with Crippen LogP contribution in [0.5, 0.6) is 0 Å². The third kappa shape index (κ3) is 5.07. The van der Waals surface area contributed by atoms with Crippen LogP contribution in [-0.2, 0) is 15.9 Å². The van der Waals surface area contributed by atoms with Crippen LogP contribution in [0, 0.1) is 0 Å². The Labute approximate surface area is 122 Å². The van der Waals surface area contributed by atoms with E-state index in [0.29, 0.717) is 13.2 Å². The maximum atomic E-state index is 5.93. The van der Waals surface area contributed by atoms with Crippen molar-refractivity contribution in [2.75, 3.05) is 38.9 Å². The molecule has 20 heavy (non-hydrogen) atoms. The molecule has 0 aliphatic carbocycles. The number of hydrogen-bond acceptors (Lipinski definition) is 5. The normalized spacial score (nSPS) is 14.1. The van der Waals surface area contributed by atoms with E-state index in [1.807, 2.05) is 19.2 Å². The van der Waals surface area contributed by atoms with Crippen LogP contribution in [0.1, 0.15) is 19.4 Å². The molecule has 0 aliphatic heterocycles. The second-order valence-corrected chi connectivity index (χ2v) is 5.16. The van der Waals surface area contributed by atoms with Gasteiger partial charge in [0.05, 0.1) is 19.3 Å². The van der Waals surface area contributed by atoms with Crippen LogP contribution < -0.4 is 10.6 Å². The summed E-state index contributed by atoms with van der Waals surface area (Å²) in [6.45, 7) is 6.22. The summed E-state index contributed by atoms with van der Waals surface area (Å²) in [4.78, 5) is 6.77. The van der Waals surface area contributed by atoms with Gasteiger partial charge in [0.15, 0.2) is 0 Å². The maximum absolute atomic E-state index is 5.93. The summed E-state index contributed by atoms with van der Waals surface area (Å²) in [5, 5.41) is 0. The average Bonchev–Trinajstić information content (AvgIpc) is 2.40. The van der Waals surface area contributed by atoms with E-state index in [2.05, 4.69) is 22.9 Å². The van der Waals surface area contributed by atoms with Gasteiger partial charge in [0.1, 0.15) is 5.82 Å². The summed E-state index contributed by atoms with van der Waals surface area (Å²) < 4.78 is 10.5. The molecular formula is C15H27N3O2. The zero-order chi connectivity index (χ0) is 15.0. The Kier molecular flexibility index (Phi) is 7.51. The van der Waals surface area contributed by atoms with Gasteiger partial charge in [-0.3, -0.25) is 0 Å². The zero-order valence-corrected chi connectivity index (χ0v) is 13.0. The molecule has 114 valence electrons. The van der Waals surface area contributed by atoms with Crippen molar-refractivity contribution in [3.63, 3.8) is 0 Å². The molecule has 0 aliphatic rings. The smallest absolute Gasteiger partial charge is 0.132 e. The molecule has 1 aromatic heterocycles. The van der Waals surface area contributed by atoms with E-state index in [-0.39, 0.29) is 12.1 Å². The second-order valence-electron chi connectivity index (χ2n) is 5.16. The van der Waals surface area contributed by atoms with Crippen molar-refractivity contribution in [2.45, 2.75) is 32.4 Å². The first kappa shape index (κ1) is 16.9. The number of aromatic nitrogens is 1. The van der Waals surface area contributed by atoms with Crippen LogP contribution in [0.2, 0.25) is 0 Å². The molecule has 2 atom stereocenters. The number of rotatable bonds is 9. The maximum Gasteiger partial charge on any atom is 0.132 e. The molecule has 0 fully saturated rings. The van der Waals surface area contributed by atoms with Gasteiger partial charge in [0.25, 0.3) is 0 Å². The van der Waals surface area contributed by atoms with E-state index < -0.39 is 0 Å². The van der Waals surface area contributed by atoms with Gasteiger partial charge in [-0.1, -0.05) is 6.07 Å². The Balaban J connectivity index is 2.99. The van der Waals surface area contributed by atoms with Gasteiger partial charge in [-0.05, 0) is 31.9 Å². The third-order valence-corrected chi connectivity index (χ3v) is 3.16. The molecule has 0 amide bonds. The van der Waals surface area contributed by atoms with Gasteiger partial charge in [-0.25, -0.2) is 4.98 Å². The van der Waals surface area contributed by atoms with E-state index in [9.17, 15) is 0 Å². The Morgan fingerprint density at radius 2 is 2.05 bits per heavy atom. The number of hydrogen-bond donors (Lipinski definition) is 1. The molecule has 0 saturated heterocycles. The Hall–Kier alpha value is -1.17. The van der Waals surface area contributed by atoms with E-state index in [1.54, 1.807) is 14.2 Å². The largest absolute Gasteiger partial charge is 0.383 e. The highest BCUT2D eigenvalue weighted by atomic mass is 16.5. The lowest BCUT2D eigenvalue weighted by molar-refractivity contribution is 0.170. The minimum absolute atomic E-state index is 0.111. The summed E-state index contributed by atoms with van der Waals surface area (Å²) in [6, 6.07) is 4.39. The quantitative estimate of drug-likeness (QED) is 0.742. The molecule has 5 heteroatoms. The average molecular weight is 281 g/mol. The lowest BCUT2D eigenvalue weighted by Gasteiger charge is -2.31. The van der Waals surface area contributed by atoms with Crippen molar-refractivity contribution in [3.8, 4) is 0 Å². The fourth-order valence-corrected chi connectivity index (χ4v) is 2.25. The number of ether oxygens (including phenoxy) is 2. The topological polar surface area (TPSA) is 60.6 Å². The Morgan fingerprint density at radius 3 is 2.65 bits per heavy atom. The van der Waals surface area contributed by atoms with Crippen LogP contribution in [0.25, 0.3) is 0 Å². The van der Waals surface area contributed by atoms with Crippen molar-refractivity contribution >= 4 is 5.82 Å². The number of nitrogens with zero attached hydrogens (tertiary/aromatic N) is 2. The summed E-state index contributed by atoms with van der Waals surface area (Å²) in [6.07, 6.45) is 2.63. The van der Waals surface area contributed by atoms with Crippen LogP contribution in [0.3, 0.4) is 0 Å². The van der Waals surface area contributed by atoms with Crippen molar-refractivity contribution < 1.29 is 9.47 Å². The van der Waals surface area contributed by atoms with Crippen LogP contribution >= 0.6 is 0 Å². The van der Waals surface area contributed by atoms with E-state index in [1.165, 1.54) is 5.56 Å². The first-order valence-electron chi connectivity index (χ1n) is 7.04. The standard InChI is InChI=1S/C15H27N3O2/c1-12(16)10-14-6-5-7-17-15(14)18(8-9-19-3)13(2)11-20-4/h5-7,12-13H,8-11,16H2,1-4H3. The summed E-state index contributed by atoms with van der Waals surface area (Å²) in [5.41, 5.74) is 7.10. The number of anilines is 1. The monoisotopic (exact) mass is 281 g/mol. The molecule has 0 saturated carbocycles. The van der Waals surface area contributed by atoms with E-state index >= 15 is 0 Å². The number of pyridine rings is 1. The van der Waals surface area contributed by atoms with Gasteiger partial charge in [-0.2, -0.15) is 0 Å². The minimum atomic E-state index is 0.111. The van der Waals surface area contributed by atoms with Crippen molar-refractivity contribution in [1.82, 2.24) is 4.98 Å². The lowest BCUT2D eigenvalue weighted by Crippen LogP contribution is -2.40. The van der Waals surface area contributed by atoms with Gasteiger partial charge in [-0.15, -0.1) is 0 Å². The van der Waals surface area contributed by atoms with Gasteiger partial charge in [0.2, 0.25) is 0 Å². The highest BCUT2D eigenvalue weighted by Gasteiger charge is 2.19. The zero-order valence-electron chi connectivity index (χ0n) is 13.0. The first-order chi connectivity index (χ1) is 9.60. The highest BCUT2D eigenvalue weighted by Crippen LogP contribution is 2.21. The minimum Gasteiger partial charge on any atom is -0.383 e. The summed E-state index contributed by atoms with van der Waals surface area (Å²) in [7, 11) is 3.42. The summed E-state index contributed by atoms with van der Waals surface area (Å²) >= 11 is 0. The number of nitrogens with two attached hydrogens (primary N) is 1. The lowest BCUT2D eigenvalue weighted by atomic mass is 10.1. The SMILES string of the molecule is COCCN(c1ncccc1CC(C)N)C(C)COC. The molecular weight excluding hydrogens is 254 g/mol. The molecule has 0 bridgehead atoms. The Morgan fingerprint density at radius 1 is 1.30 bits per heavy atom. The van der Waals surface area contributed by atoms with Gasteiger partial charge < -0.3 is 20.1 Å². The van der Waals surface area contributed by atoms with Crippen molar-refractivity contribution in [3.05, 3.63) is 23.9 Å². The molecule has 0 spiro atoms. The molecule has 0 radical (unpaired) electrons. The van der Waals surface area contributed by atoms with E-state index in [4.69, 9.17) is 15.2 Å². The predicted octanol–water partition coefficient (Wildman–Crippen LogP) is 1.46. The second kappa shape index (κ2) is 8.89. The fraction of sp³-hybridized carbons (Fsp3) is 0.667. The Bertz CT molecular complexity index is 385. The molecule has 1 aromatic rings. The molecule has 1 rings (SSSR count). The first-order valence-corrected chi connectivity index (χ1v) is 7.04. The van der Waals surface area contributed by atoms with Crippen molar-refractivity contribution in [1.29, 1.82) is 0 Å².